The Labute approximate surface area is 114 Å². The standard InChI is InChI=1S/C12H24N6O/c1-12(2,3)8(6-7-19)14-10-15-9(13)16-11(17-10)18(4)5/h8,19H,6-7H2,1-5H3,(H3,13,14,15,16,17). The third-order valence-corrected chi connectivity index (χ3v) is 2.81. The highest BCUT2D eigenvalue weighted by Crippen LogP contribution is 2.24. The SMILES string of the molecule is CN(C)c1nc(N)nc(NC(CCO)C(C)(C)C)n1. The second-order valence-electron chi connectivity index (χ2n) is 5.79. The van der Waals surface area contributed by atoms with Crippen LogP contribution in [0.1, 0.15) is 27.2 Å². The van der Waals surface area contributed by atoms with Crippen molar-refractivity contribution in [2.24, 2.45) is 5.41 Å². The lowest BCUT2D eigenvalue weighted by Crippen LogP contribution is -2.35. The Kier molecular flexibility index (Phi) is 4.88. The Morgan fingerprint density at radius 2 is 1.89 bits per heavy atom. The second-order valence-corrected chi connectivity index (χ2v) is 5.79. The van der Waals surface area contributed by atoms with Crippen molar-refractivity contribution in [3.63, 3.8) is 0 Å². The van der Waals surface area contributed by atoms with Gasteiger partial charge in [-0.2, -0.15) is 15.0 Å². The van der Waals surface area contributed by atoms with E-state index in [9.17, 15) is 0 Å². The smallest absolute Gasteiger partial charge is 0.231 e. The van der Waals surface area contributed by atoms with Crippen LogP contribution in [0.2, 0.25) is 0 Å². The van der Waals surface area contributed by atoms with Crippen LogP contribution in [-0.2, 0) is 0 Å². The maximum absolute atomic E-state index is 9.15. The van der Waals surface area contributed by atoms with E-state index in [4.69, 9.17) is 10.8 Å². The number of aliphatic hydroxyl groups excluding tert-OH is 1. The number of anilines is 3. The molecule has 0 saturated heterocycles. The van der Waals surface area contributed by atoms with Gasteiger partial charge in [0.15, 0.2) is 0 Å². The van der Waals surface area contributed by atoms with Crippen molar-refractivity contribution >= 4 is 17.8 Å². The molecule has 1 atom stereocenters. The van der Waals surface area contributed by atoms with Crippen LogP contribution in [0.15, 0.2) is 0 Å². The van der Waals surface area contributed by atoms with Crippen molar-refractivity contribution < 1.29 is 5.11 Å². The van der Waals surface area contributed by atoms with Gasteiger partial charge in [-0.3, -0.25) is 0 Å². The van der Waals surface area contributed by atoms with E-state index in [0.29, 0.717) is 18.3 Å². The van der Waals surface area contributed by atoms with Crippen molar-refractivity contribution in [1.82, 2.24) is 15.0 Å². The fraction of sp³-hybridized carbons (Fsp3) is 0.750. The summed E-state index contributed by atoms with van der Waals surface area (Å²) in [6.07, 6.45) is 0.617. The van der Waals surface area contributed by atoms with Gasteiger partial charge in [0.05, 0.1) is 0 Å². The lowest BCUT2D eigenvalue weighted by Gasteiger charge is -2.31. The fourth-order valence-corrected chi connectivity index (χ4v) is 1.65. The highest BCUT2D eigenvalue weighted by Gasteiger charge is 2.25. The summed E-state index contributed by atoms with van der Waals surface area (Å²) in [5, 5.41) is 12.4. The fourth-order valence-electron chi connectivity index (χ4n) is 1.65. The zero-order valence-corrected chi connectivity index (χ0v) is 12.3. The van der Waals surface area contributed by atoms with Crippen molar-refractivity contribution in [1.29, 1.82) is 0 Å². The number of rotatable bonds is 5. The minimum Gasteiger partial charge on any atom is -0.396 e. The van der Waals surface area contributed by atoms with Crippen LogP contribution in [0.25, 0.3) is 0 Å². The predicted molar refractivity (Wildman–Crippen MR) is 77.1 cm³/mol. The molecule has 1 aromatic rings. The molecule has 0 saturated carbocycles. The number of aliphatic hydroxyl groups is 1. The predicted octanol–water partition coefficient (Wildman–Crippen LogP) is 0.729. The molecule has 4 N–H and O–H groups in total. The van der Waals surface area contributed by atoms with E-state index in [1.807, 2.05) is 14.1 Å². The van der Waals surface area contributed by atoms with Gasteiger partial charge in [-0.05, 0) is 11.8 Å². The van der Waals surface area contributed by atoms with Crippen molar-refractivity contribution in [2.45, 2.75) is 33.2 Å². The largest absolute Gasteiger partial charge is 0.396 e. The lowest BCUT2D eigenvalue weighted by molar-refractivity contribution is 0.235. The summed E-state index contributed by atoms with van der Waals surface area (Å²) < 4.78 is 0. The minimum atomic E-state index is -0.0254. The third kappa shape index (κ3) is 4.51. The molecule has 19 heavy (non-hydrogen) atoms. The number of nitrogens with one attached hydrogen (secondary N) is 1. The molecule has 0 aliphatic carbocycles. The molecule has 0 bridgehead atoms. The lowest BCUT2D eigenvalue weighted by atomic mass is 9.85. The molecule has 0 aliphatic rings. The molecular formula is C12H24N6O. The Morgan fingerprint density at radius 1 is 1.26 bits per heavy atom. The molecule has 0 aromatic carbocycles. The molecule has 1 unspecified atom stereocenters. The van der Waals surface area contributed by atoms with Crippen molar-refractivity contribution in [3.8, 4) is 0 Å². The zero-order valence-electron chi connectivity index (χ0n) is 12.3. The zero-order chi connectivity index (χ0) is 14.6. The molecular weight excluding hydrogens is 244 g/mol. The van der Waals surface area contributed by atoms with Gasteiger partial charge in [0, 0.05) is 26.7 Å². The number of aromatic nitrogens is 3. The highest BCUT2D eigenvalue weighted by atomic mass is 16.3. The third-order valence-electron chi connectivity index (χ3n) is 2.81. The second kappa shape index (κ2) is 6.01. The summed E-state index contributed by atoms with van der Waals surface area (Å²) in [4.78, 5) is 14.2. The highest BCUT2D eigenvalue weighted by molar-refractivity contribution is 5.41. The molecule has 1 aromatic heterocycles. The van der Waals surface area contributed by atoms with Crippen LogP contribution in [-0.4, -0.2) is 46.8 Å². The quantitative estimate of drug-likeness (QED) is 0.723. The number of hydrogen-bond acceptors (Lipinski definition) is 7. The van der Waals surface area contributed by atoms with E-state index in [-0.39, 0.29) is 24.0 Å². The van der Waals surface area contributed by atoms with Crippen LogP contribution in [0, 0.1) is 5.41 Å². The van der Waals surface area contributed by atoms with E-state index in [2.05, 4.69) is 41.0 Å². The first-order valence-electron chi connectivity index (χ1n) is 6.30. The minimum absolute atomic E-state index is 0.0254. The Balaban J connectivity index is 2.96. The van der Waals surface area contributed by atoms with Crippen LogP contribution in [0.5, 0.6) is 0 Å². The van der Waals surface area contributed by atoms with E-state index >= 15 is 0 Å². The molecule has 7 heteroatoms. The molecule has 7 nitrogen and oxygen atoms in total. The summed E-state index contributed by atoms with van der Waals surface area (Å²) in [5.74, 6) is 1.12. The molecule has 0 radical (unpaired) electrons. The van der Waals surface area contributed by atoms with Gasteiger partial charge in [0.1, 0.15) is 0 Å². The van der Waals surface area contributed by atoms with Gasteiger partial charge in [0.25, 0.3) is 0 Å². The Hall–Kier alpha value is -1.63. The van der Waals surface area contributed by atoms with Gasteiger partial charge in [-0.1, -0.05) is 20.8 Å². The summed E-state index contributed by atoms with van der Waals surface area (Å²) in [6, 6.07) is 0.0503. The van der Waals surface area contributed by atoms with Gasteiger partial charge < -0.3 is 21.1 Å². The number of hydrogen-bond donors (Lipinski definition) is 3. The maximum atomic E-state index is 9.15. The molecule has 0 fully saturated rings. The van der Waals surface area contributed by atoms with E-state index in [1.54, 1.807) is 4.90 Å². The molecule has 108 valence electrons. The Bertz CT molecular complexity index is 415. The van der Waals surface area contributed by atoms with Gasteiger partial charge in [-0.15, -0.1) is 0 Å². The number of nitrogens with zero attached hydrogens (tertiary/aromatic N) is 4. The maximum Gasteiger partial charge on any atom is 0.231 e. The first-order valence-corrected chi connectivity index (χ1v) is 6.30. The first-order chi connectivity index (χ1) is 8.74. The monoisotopic (exact) mass is 268 g/mol. The Morgan fingerprint density at radius 3 is 2.37 bits per heavy atom. The van der Waals surface area contributed by atoms with Crippen molar-refractivity contribution in [2.75, 3.05) is 36.7 Å². The van der Waals surface area contributed by atoms with E-state index in [0.717, 1.165) is 0 Å². The molecule has 0 aliphatic heterocycles. The average molecular weight is 268 g/mol. The summed E-state index contributed by atoms with van der Waals surface area (Å²) in [7, 11) is 3.68. The van der Waals surface area contributed by atoms with Gasteiger partial charge in [0.2, 0.25) is 17.8 Å². The van der Waals surface area contributed by atoms with E-state index < -0.39 is 0 Å². The van der Waals surface area contributed by atoms with Crippen molar-refractivity contribution in [3.05, 3.63) is 0 Å². The van der Waals surface area contributed by atoms with E-state index in [1.165, 1.54) is 0 Å². The summed E-state index contributed by atoms with van der Waals surface area (Å²) >= 11 is 0. The topological polar surface area (TPSA) is 100 Å². The van der Waals surface area contributed by atoms with Gasteiger partial charge >= 0.3 is 0 Å². The summed E-state index contributed by atoms with van der Waals surface area (Å²) in [5.41, 5.74) is 5.65. The normalized spacial score (nSPS) is 13.2. The molecule has 1 heterocycles. The van der Waals surface area contributed by atoms with Crippen LogP contribution >= 0.6 is 0 Å². The van der Waals surface area contributed by atoms with Gasteiger partial charge in [-0.25, -0.2) is 0 Å². The molecule has 1 rings (SSSR count). The van der Waals surface area contributed by atoms with Crippen LogP contribution in [0.3, 0.4) is 0 Å². The number of nitrogen functional groups attached to an aromatic ring is 1. The number of nitrogens with two attached hydrogens (primary N) is 1. The van der Waals surface area contributed by atoms with Crippen LogP contribution in [0.4, 0.5) is 17.8 Å². The molecule has 0 spiro atoms. The first kappa shape index (κ1) is 15.4. The average Bonchev–Trinajstić information content (AvgIpc) is 2.26. The van der Waals surface area contributed by atoms with Crippen LogP contribution < -0.4 is 16.0 Å². The molecule has 0 amide bonds. The summed E-state index contributed by atoms with van der Waals surface area (Å²) in [6.45, 7) is 6.39.